The molecule has 0 saturated carbocycles. The number of anilines is 1. The van der Waals surface area contributed by atoms with E-state index in [0.29, 0.717) is 22.2 Å². The van der Waals surface area contributed by atoms with Gasteiger partial charge in [-0.25, -0.2) is 14.4 Å². The maximum Gasteiger partial charge on any atom is 0.249 e. The molecular weight excluding hydrogens is 467 g/mol. The standard InChI is InChI=1S/C26H29FN4O3S/c1-17-14-18(2)29-25(28-17)35-16-23(32)31(15-19-6-8-20(27)9-7-19)26(3,4)24(33)30-21-10-12-22(34-5)13-11-21/h6-14H,15-16H2,1-5H3,(H,30,33). The lowest BCUT2D eigenvalue weighted by molar-refractivity contribution is -0.142. The lowest BCUT2D eigenvalue weighted by Crippen LogP contribution is -2.55. The van der Waals surface area contributed by atoms with E-state index < -0.39 is 5.54 Å². The van der Waals surface area contributed by atoms with Crippen LogP contribution >= 0.6 is 11.8 Å². The number of halogens is 1. The zero-order valence-electron chi connectivity index (χ0n) is 20.5. The number of carbonyl (C=O) groups excluding carboxylic acids is 2. The van der Waals surface area contributed by atoms with Crippen molar-refractivity contribution in [3.8, 4) is 5.75 Å². The van der Waals surface area contributed by atoms with E-state index in [4.69, 9.17) is 4.74 Å². The molecular formula is C26H29FN4O3S. The van der Waals surface area contributed by atoms with Crippen LogP contribution in [0.1, 0.15) is 30.8 Å². The number of rotatable bonds is 9. The third-order valence-electron chi connectivity index (χ3n) is 5.42. The number of carbonyl (C=O) groups is 2. The van der Waals surface area contributed by atoms with Gasteiger partial charge in [0.15, 0.2) is 5.16 Å². The minimum atomic E-state index is -1.21. The predicted octanol–water partition coefficient (Wildman–Crippen LogP) is 4.78. The van der Waals surface area contributed by atoms with Gasteiger partial charge in [0, 0.05) is 23.6 Å². The lowest BCUT2D eigenvalue weighted by Gasteiger charge is -2.37. The Morgan fingerprint density at radius 3 is 2.20 bits per heavy atom. The van der Waals surface area contributed by atoms with Crippen molar-refractivity contribution in [1.82, 2.24) is 14.9 Å². The molecule has 1 N–H and O–H groups in total. The molecule has 0 aliphatic rings. The summed E-state index contributed by atoms with van der Waals surface area (Å²) < 4.78 is 18.6. The second-order valence-electron chi connectivity index (χ2n) is 8.57. The van der Waals surface area contributed by atoms with Crippen molar-refractivity contribution in [1.29, 1.82) is 0 Å². The molecule has 7 nitrogen and oxygen atoms in total. The first-order valence-corrected chi connectivity index (χ1v) is 12.0. The molecule has 0 aliphatic carbocycles. The normalized spacial score (nSPS) is 11.1. The molecule has 2 aromatic carbocycles. The van der Waals surface area contributed by atoms with Crippen LogP contribution in [0.5, 0.6) is 5.75 Å². The average Bonchev–Trinajstić information content (AvgIpc) is 2.82. The molecule has 3 rings (SSSR count). The molecule has 0 radical (unpaired) electrons. The van der Waals surface area contributed by atoms with Crippen molar-refractivity contribution in [3.63, 3.8) is 0 Å². The third-order valence-corrected chi connectivity index (χ3v) is 6.25. The Labute approximate surface area is 209 Å². The molecule has 0 unspecified atom stereocenters. The monoisotopic (exact) mass is 496 g/mol. The number of aryl methyl sites for hydroxylation is 2. The SMILES string of the molecule is COc1ccc(NC(=O)C(C)(C)N(Cc2ccc(F)cc2)C(=O)CSc2nc(C)cc(C)n2)cc1. The van der Waals surface area contributed by atoms with Gasteiger partial charge in [-0.15, -0.1) is 0 Å². The number of hydrogen-bond donors (Lipinski definition) is 1. The third kappa shape index (κ3) is 7.02. The van der Waals surface area contributed by atoms with E-state index in [2.05, 4.69) is 15.3 Å². The second kappa shape index (κ2) is 11.3. The van der Waals surface area contributed by atoms with Crippen molar-refractivity contribution in [3.05, 3.63) is 77.4 Å². The molecule has 9 heteroatoms. The van der Waals surface area contributed by atoms with Gasteiger partial charge in [0.05, 0.1) is 12.9 Å². The Morgan fingerprint density at radius 2 is 1.63 bits per heavy atom. The summed E-state index contributed by atoms with van der Waals surface area (Å²) in [6.07, 6.45) is 0. The van der Waals surface area contributed by atoms with Crippen LogP contribution in [0, 0.1) is 19.7 Å². The summed E-state index contributed by atoms with van der Waals surface area (Å²) >= 11 is 1.22. The molecule has 0 bridgehead atoms. The Hall–Kier alpha value is -3.46. The van der Waals surface area contributed by atoms with E-state index >= 15 is 0 Å². The number of methoxy groups -OCH3 is 1. The fraction of sp³-hybridized carbons (Fsp3) is 0.308. The molecule has 3 aromatic rings. The van der Waals surface area contributed by atoms with Crippen LogP contribution in [0.4, 0.5) is 10.1 Å². The largest absolute Gasteiger partial charge is 0.497 e. The van der Waals surface area contributed by atoms with Crippen molar-refractivity contribution in [2.24, 2.45) is 0 Å². The number of nitrogens with one attached hydrogen (secondary N) is 1. The minimum absolute atomic E-state index is 0.0450. The number of nitrogens with zero attached hydrogens (tertiary/aromatic N) is 3. The first-order chi connectivity index (χ1) is 16.6. The first-order valence-electron chi connectivity index (χ1n) is 11.0. The molecule has 0 aliphatic heterocycles. The summed E-state index contributed by atoms with van der Waals surface area (Å²) in [6.45, 7) is 7.25. The summed E-state index contributed by atoms with van der Waals surface area (Å²) in [7, 11) is 1.57. The van der Waals surface area contributed by atoms with E-state index in [9.17, 15) is 14.0 Å². The van der Waals surface area contributed by atoms with Crippen LogP contribution in [-0.2, 0) is 16.1 Å². The summed E-state index contributed by atoms with van der Waals surface area (Å²) in [5.74, 6) is -0.280. The number of amides is 2. The van der Waals surface area contributed by atoms with Gasteiger partial charge in [-0.05, 0) is 75.7 Å². The van der Waals surface area contributed by atoms with Gasteiger partial charge in [-0.2, -0.15) is 0 Å². The molecule has 1 heterocycles. The van der Waals surface area contributed by atoms with E-state index in [1.165, 1.54) is 28.8 Å². The summed E-state index contributed by atoms with van der Waals surface area (Å²) in [4.78, 5) is 37.0. The van der Waals surface area contributed by atoms with Gasteiger partial charge in [0.1, 0.15) is 17.1 Å². The van der Waals surface area contributed by atoms with Gasteiger partial charge >= 0.3 is 0 Å². The van der Waals surface area contributed by atoms with Crippen molar-refractivity contribution in [2.75, 3.05) is 18.2 Å². The highest BCUT2D eigenvalue weighted by Crippen LogP contribution is 2.25. The van der Waals surface area contributed by atoms with Crippen molar-refractivity contribution >= 4 is 29.3 Å². The van der Waals surface area contributed by atoms with Crippen LogP contribution < -0.4 is 10.1 Å². The highest BCUT2D eigenvalue weighted by atomic mass is 32.2. The van der Waals surface area contributed by atoms with Gasteiger partial charge in [-0.3, -0.25) is 9.59 Å². The first kappa shape index (κ1) is 26.2. The number of aromatic nitrogens is 2. The van der Waals surface area contributed by atoms with Gasteiger partial charge in [0.25, 0.3) is 0 Å². The number of benzene rings is 2. The van der Waals surface area contributed by atoms with Crippen molar-refractivity contribution in [2.45, 2.75) is 44.9 Å². The van der Waals surface area contributed by atoms with E-state index in [-0.39, 0.29) is 29.9 Å². The number of thioether (sulfide) groups is 1. The zero-order chi connectivity index (χ0) is 25.6. The van der Waals surface area contributed by atoms with Crippen LogP contribution in [0.25, 0.3) is 0 Å². The second-order valence-corrected chi connectivity index (χ2v) is 9.51. The smallest absolute Gasteiger partial charge is 0.249 e. The fourth-order valence-corrected chi connectivity index (χ4v) is 4.24. The van der Waals surface area contributed by atoms with Crippen molar-refractivity contribution < 1.29 is 18.7 Å². The van der Waals surface area contributed by atoms with Crippen LogP contribution in [-0.4, -0.2) is 45.1 Å². The van der Waals surface area contributed by atoms with Gasteiger partial charge < -0.3 is 15.0 Å². The lowest BCUT2D eigenvalue weighted by atomic mass is 9.99. The van der Waals surface area contributed by atoms with Crippen LogP contribution in [0.15, 0.2) is 59.8 Å². The molecule has 0 fully saturated rings. The van der Waals surface area contributed by atoms with E-state index in [1.54, 1.807) is 57.4 Å². The molecule has 2 amide bonds. The maximum absolute atomic E-state index is 13.4. The molecule has 0 saturated heterocycles. The number of ether oxygens (including phenoxy) is 1. The molecule has 1 aromatic heterocycles. The Morgan fingerprint density at radius 1 is 1.03 bits per heavy atom. The van der Waals surface area contributed by atoms with Gasteiger partial charge in [0.2, 0.25) is 11.8 Å². The van der Waals surface area contributed by atoms with E-state index in [1.807, 2.05) is 19.9 Å². The highest BCUT2D eigenvalue weighted by molar-refractivity contribution is 7.99. The van der Waals surface area contributed by atoms with E-state index in [0.717, 1.165) is 11.4 Å². The molecule has 0 spiro atoms. The molecule has 35 heavy (non-hydrogen) atoms. The Bertz CT molecular complexity index is 1160. The quantitative estimate of drug-likeness (QED) is 0.339. The van der Waals surface area contributed by atoms with Crippen LogP contribution in [0.2, 0.25) is 0 Å². The highest BCUT2D eigenvalue weighted by Gasteiger charge is 2.38. The number of hydrogen-bond acceptors (Lipinski definition) is 6. The van der Waals surface area contributed by atoms with Crippen LogP contribution in [0.3, 0.4) is 0 Å². The topological polar surface area (TPSA) is 84.4 Å². The minimum Gasteiger partial charge on any atom is -0.497 e. The average molecular weight is 497 g/mol. The summed E-state index contributed by atoms with van der Waals surface area (Å²) in [5, 5.41) is 3.37. The molecule has 184 valence electrons. The fourth-order valence-electron chi connectivity index (χ4n) is 3.41. The summed E-state index contributed by atoms with van der Waals surface area (Å²) in [5.41, 5.74) is 1.70. The Balaban J connectivity index is 1.82. The summed E-state index contributed by atoms with van der Waals surface area (Å²) in [6, 6.07) is 14.7. The predicted molar refractivity (Wildman–Crippen MR) is 135 cm³/mol. The van der Waals surface area contributed by atoms with Gasteiger partial charge in [-0.1, -0.05) is 23.9 Å². The zero-order valence-corrected chi connectivity index (χ0v) is 21.3. The molecule has 0 atom stereocenters. The Kier molecular flexibility index (Phi) is 8.45. The maximum atomic E-state index is 13.4.